The molecule has 1 fully saturated rings. The van der Waals surface area contributed by atoms with E-state index in [9.17, 15) is 0 Å². The summed E-state index contributed by atoms with van der Waals surface area (Å²) in [6, 6.07) is 4.82. The van der Waals surface area contributed by atoms with Gasteiger partial charge >= 0.3 is 0 Å². The fraction of sp³-hybridized carbons (Fsp3) is 0.667. The van der Waals surface area contributed by atoms with Gasteiger partial charge in [-0.2, -0.15) is 0 Å². The minimum atomic E-state index is 0.410. The highest BCUT2D eigenvalue weighted by Crippen LogP contribution is 2.46. The highest BCUT2D eigenvalue weighted by atomic mass is 14.9. The van der Waals surface area contributed by atoms with Gasteiger partial charge in [-0.1, -0.05) is 32.8 Å². The molecule has 0 spiro atoms. The van der Waals surface area contributed by atoms with Crippen LogP contribution >= 0.6 is 0 Å². The molecule has 0 aliphatic heterocycles. The van der Waals surface area contributed by atoms with Crippen molar-refractivity contribution in [2.75, 3.05) is 6.54 Å². The van der Waals surface area contributed by atoms with Gasteiger partial charge in [-0.05, 0) is 43.4 Å². The summed E-state index contributed by atoms with van der Waals surface area (Å²) in [6.07, 6.45) is 7.46. The van der Waals surface area contributed by atoms with Crippen molar-refractivity contribution in [1.29, 1.82) is 0 Å². The molecule has 0 bridgehead atoms. The molecule has 0 radical (unpaired) electrons. The maximum Gasteiger partial charge on any atom is 0.0389 e. The van der Waals surface area contributed by atoms with Crippen molar-refractivity contribution in [3.8, 4) is 0 Å². The monoisotopic (exact) mass is 232 g/mol. The van der Waals surface area contributed by atoms with Crippen LogP contribution in [0.3, 0.4) is 0 Å². The first-order valence-corrected chi connectivity index (χ1v) is 6.81. The highest BCUT2D eigenvalue weighted by Gasteiger charge is 2.37. The maximum atomic E-state index is 4.44. The summed E-state index contributed by atoms with van der Waals surface area (Å²) in [5, 5.41) is 3.66. The van der Waals surface area contributed by atoms with Crippen LogP contribution in [0.1, 0.15) is 56.8 Å². The molecule has 2 rings (SSSR count). The lowest BCUT2D eigenvalue weighted by molar-refractivity contribution is 0.225. The van der Waals surface area contributed by atoms with Crippen LogP contribution in [0.2, 0.25) is 0 Å². The summed E-state index contributed by atoms with van der Waals surface area (Å²) in [5.74, 6) is 0. The quantitative estimate of drug-likeness (QED) is 0.857. The van der Waals surface area contributed by atoms with Gasteiger partial charge in [0.05, 0.1) is 0 Å². The largest absolute Gasteiger partial charge is 0.310 e. The van der Waals surface area contributed by atoms with E-state index < -0.39 is 0 Å². The average molecular weight is 232 g/mol. The number of aryl methyl sites for hydroxylation is 1. The Kier molecular flexibility index (Phi) is 3.82. The molecule has 1 unspecified atom stereocenters. The molecule has 1 atom stereocenters. The number of hydrogen-bond acceptors (Lipinski definition) is 2. The predicted octanol–water partition coefficient (Wildman–Crippen LogP) is 3.62. The van der Waals surface area contributed by atoms with Crippen molar-refractivity contribution in [3.05, 3.63) is 29.6 Å². The van der Waals surface area contributed by atoms with E-state index in [4.69, 9.17) is 0 Å². The second-order valence-corrected chi connectivity index (χ2v) is 5.58. The van der Waals surface area contributed by atoms with E-state index in [0.717, 1.165) is 12.2 Å². The van der Waals surface area contributed by atoms with Crippen LogP contribution in [0.4, 0.5) is 0 Å². The van der Waals surface area contributed by atoms with Crippen LogP contribution in [0.5, 0.6) is 0 Å². The lowest BCUT2D eigenvalue weighted by atomic mass is 9.77. The van der Waals surface area contributed by atoms with Crippen LogP contribution in [-0.4, -0.2) is 11.5 Å². The topological polar surface area (TPSA) is 24.9 Å². The Morgan fingerprint density at radius 2 is 2.06 bits per heavy atom. The number of nitrogens with one attached hydrogen (secondary N) is 1. The number of hydrogen-bond donors (Lipinski definition) is 1. The first-order valence-electron chi connectivity index (χ1n) is 6.81. The van der Waals surface area contributed by atoms with Crippen molar-refractivity contribution in [3.63, 3.8) is 0 Å². The third-order valence-corrected chi connectivity index (χ3v) is 4.12. The molecule has 1 aliphatic rings. The van der Waals surface area contributed by atoms with Gasteiger partial charge in [0.1, 0.15) is 0 Å². The summed E-state index contributed by atoms with van der Waals surface area (Å²) >= 11 is 0. The van der Waals surface area contributed by atoms with E-state index in [0.29, 0.717) is 11.5 Å². The van der Waals surface area contributed by atoms with Crippen LogP contribution in [0, 0.1) is 12.3 Å². The SMILES string of the molecule is CCNC(c1ccc(C)nc1)C1(C)CCCC1. The minimum absolute atomic E-state index is 0.410. The molecule has 1 heterocycles. The van der Waals surface area contributed by atoms with E-state index >= 15 is 0 Å². The number of rotatable bonds is 4. The Bertz CT molecular complexity index is 350. The molecular formula is C15H24N2. The van der Waals surface area contributed by atoms with Crippen molar-refractivity contribution >= 4 is 0 Å². The lowest BCUT2D eigenvalue weighted by Gasteiger charge is -2.35. The maximum absolute atomic E-state index is 4.44. The molecule has 1 N–H and O–H groups in total. The van der Waals surface area contributed by atoms with E-state index in [1.807, 2.05) is 13.1 Å². The summed E-state index contributed by atoms with van der Waals surface area (Å²) in [7, 11) is 0. The number of pyridine rings is 1. The van der Waals surface area contributed by atoms with Crippen LogP contribution in [0.15, 0.2) is 18.3 Å². The van der Waals surface area contributed by atoms with Crippen LogP contribution < -0.4 is 5.32 Å². The molecule has 2 heteroatoms. The van der Waals surface area contributed by atoms with E-state index in [2.05, 4.69) is 36.3 Å². The highest BCUT2D eigenvalue weighted by molar-refractivity contribution is 5.20. The lowest BCUT2D eigenvalue weighted by Crippen LogP contribution is -2.34. The zero-order valence-electron chi connectivity index (χ0n) is 11.3. The Labute approximate surface area is 105 Å². The zero-order valence-corrected chi connectivity index (χ0v) is 11.3. The first-order chi connectivity index (χ1) is 8.15. The van der Waals surface area contributed by atoms with Crippen molar-refractivity contribution in [2.45, 2.75) is 52.5 Å². The zero-order chi connectivity index (χ0) is 12.3. The molecule has 0 saturated heterocycles. The van der Waals surface area contributed by atoms with Gasteiger partial charge in [0.25, 0.3) is 0 Å². The van der Waals surface area contributed by atoms with E-state index in [-0.39, 0.29) is 0 Å². The average Bonchev–Trinajstić information content (AvgIpc) is 2.75. The fourth-order valence-corrected chi connectivity index (χ4v) is 3.09. The van der Waals surface area contributed by atoms with E-state index in [1.165, 1.54) is 31.2 Å². The van der Waals surface area contributed by atoms with Gasteiger partial charge in [0, 0.05) is 17.9 Å². The van der Waals surface area contributed by atoms with E-state index in [1.54, 1.807) is 0 Å². The number of aromatic nitrogens is 1. The summed E-state index contributed by atoms with van der Waals surface area (Å²) in [4.78, 5) is 4.44. The van der Waals surface area contributed by atoms with Crippen LogP contribution in [-0.2, 0) is 0 Å². The molecule has 94 valence electrons. The Balaban J connectivity index is 2.24. The summed E-state index contributed by atoms with van der Waals surface area (Å²) in [6.45, 7) is 7.68. The standard InChI is InChI=1S/C15H24N2/c1-4-16-14(15(3)9-5-6-10-15)13-8-7-12(2)17-11-13/h7-8,11,14,16H,4-6,9-10H2,1-3H3. The molecular weight excluding hydrogens is 208 g/mol. The van der Waals surface area contributed by atoms with Gasteiger partial charge in [0.2, 0.25) is 0 Å². The van der Waals surface area contributed by atoms with Crippen molar-refractivity contribution in [1.82, 2.24) is 10.3 Å². The molecule has 1 aliphatic carbocycles. The molecule has 2 nitrogen and oxygen atoms in total. The van der Waals surface area contributed by atoms with Crippen molar-refractivity contribution in [2.24, 2.45) is 5.41 Å². The second-order valence-electron chi connectivity index (χ2n) is 5.58. The van der Waals surface area contributed by atoms with Gasteiger partial charge in [-0.25, -0.2) is 0 Å². The van der Waals surface area contributed by atoms with Gasteiger partial charge in [-0.15, -0.1) is 0 Å². The Morgan fingerprint density at radius 3 is 2.59 bits per heavy atom. The smallest absolute Gasteiger partial charge is 0.0389 e. The Hall–Kier alpha value is -0.890. The molecule has 1 aromatic heterocycles. The Morgan fingerprint density at radius 1 is 1.35 bits per heavy atom. The number of nitrogens with zero attached hydrogens (tertiary/aromatic N) is 1. The summed E-state index contributed by atoms with van der Waals surface area (Å²) < 4.78 is 0. The second kappa shape index (κ2) is 5.18. The molecule has 1 aromatic rings. The molecule has 0 aromatic carbocycles. The molecule has 1 saturated carbocycles. The minimum Gasteiger partial charge on any atom is -0.310 e. The third kappa shape index (κ3) is 2.68. The van der Waals surface area contributed by atoms with Gasteiger partial charge in [0.15, 0.2) is 0 Å². The van der Waals surface area contributed by atoms with Crippen LogP contribution in [0.25, 0.3) is 0 Å². The fourth-order valence-electron chi connectivity index (χ4n) is 3.09. The summed E-state index contributed by atoms with van der Waals surface area (Å²) in [5.41, 5.74) is 2.86. The predicted molar refractivity (Wildman–Crippen MR) is 72.0 cm³/mol. The molecule has 0 amide bonds. The molecule has 17 heavy (non-hydrogen) atoms. The van der Waals surface area contributed by atoms with Gasteiger partial charge in [-0.3, -0.25) is 4.98 Å². The normalized spacial score (nSPS) is 20.4. The first kappa shape index (κ1) is 12.6. The third-order valence-electron chi connectivity index (χ3n) is 4.12. The van der Waals surface area contributed by atoms with Gasteiger partial charge < -0.3 is 5.32 Å². The van der Waals surface area contributed by atoms with Crippen molar-refractivity contribution < 1.29 is 0 Å².